The molecule has 0 bridgehead atoms. The molecule has 0 unspecified atom stereocenters. The monoisotopic (exact) mass is 244 g/mol. The Kier molecular flexibility index (Phi) is 3.70. The minimum absolute atomic E-state index is 0.180. The Morgan fingerprint density at radius 2 is 2.46 bits per heavy atom. The molecule has 0 aliphatic carbocycles. The van der Waals surface area contributed by atoms with Crippen LogP contribution in [0, 0.1) is 0 Å². The zero-order valence-electron chi connectivity index (χ0n) is 7.08. The lowest BCUT2D eigenvalue weighted by atomic mass is 10.4. The number of pyridine rings is 1. The summed E-state index contributed by atoms with van der Waals surface area (Å²) in [5.74, 6) is 0. The number of ether oxygens (including phenoxy) is 1. The first-order chi connectivity index (χ1) is 6.22. The first-order valence-corrected chi connectivity index (χ1v) is 4.47. The first-order valence-electron chi connectivity index (χ1n) is 3.68. The molecule has 0 aromatic carbocycles. The Morgan fingerprint density at radius 3 is 3.08 bits per heavy atom. The molecule has 1 N–H and O–H groups in total. The van der Waals surface area contributed by atoms with Crippen LogP contribution in [0.15, 0.2) is 22.8 Å². The zero-order chi connectivity index (χ0) is 9.68. The van der Waals surface area contributed by atoms with Gasteiger partial charge >= 0.3 is 6.09 Å². The Hall–Kier alpha value is -1.10. The third-order valence-electron chi connectivity index (χ3n) is 1.33. The molecule has 0 atom stereocenters. The molecule has 13 heavy (non-hydrogen) atoms. The van der Waals surface area contributed by atoms with Gasteiger partial charge < -0.3 is 10.1 Å². The van der Waals surface area contributed by atoms with Crippen LogP contribution >= 0.6 is 15.9 Å². The van der Waals surface area contributed by atoms with Gasteiger partial charge in [-0.25, -0.2) is 9.78 Å². The molecule has 0 radical (unpaired) electrons. The summed E-state index contributed by atoms with van der Waals surface area (Å²) >= 11 is 3.22. The average Bonchev–Trinajstić information content (AvgIpc) is 2.14. The molecule has 1 aromatic heterocycles. The second kappa shape index (κ2) is 4.81. The van der Waals surface area contributed by atoms with Gasteiger partial charge in [0.2, 0.25) is 0 Å². The molecule has 1 amide bonds. The summed E-state index contributed by atoms with van der Waals surface area (Å²) in [5.41, 5.74) is 0.706. The maximum absolute atomic E-state index is 10.7. The molecule has 1 aromatic rings. The minimum atomic E-state index is -0.457. The van der Waals surface area contributed by atoms with Crippen molar-refractivity contribution in [1.29, 1.82) is 0 Å². The molecule has 5 heteroatoms. The van der Waals surface area contributed by atoms with Gasteiger partial charge in [-0.2, -0.15) is 0 Å². The molecule has 0 saturated heterocycles. The maximum atomic E-state index is 10.7. The highest BCUT2D eigenvalue weighted by Gasteiger charge is 2.00. The molecule has 1 rings (SSSR count). The van der Waals surface area contributed by atoms with Gasteiger partial charge in [-0.15, -0.1) is 0 Å². The summed E-state index contributed by atoms with van der Waals surface area (Å²) in [5, 5.41) is 2.35. The molecular formula is C8H9BrN2O2. The lowest BCUT2D eigenvalue weighted by Gasteiger charge is -2.02. The number of hydrogen-bond donors (Lipinski definition) is 1. The molecule has 0 aliphatic heterocycles. The number of nitrogens with zero attached hydrogens (tertiary/aromatic N) is 1. The van der Waals surface area contributed by atoms with Crippen molar-refractivity contribution in [3.8, 4) is 0 Å². The van der Waals surface area contributed by atoms with Crippen molar-refractivity contribution in [3.05, 3.63) is 28.5 Å². The average molecular weight is 245 g/mol. The summed E-state index contributed by atoms with van der Waals surface area (Å²) < 4.78 is 5.53. The zero-order valence-corrected chi connectivity index (χ0v) is 8.67. The highest BCUT2D eigenvalue weighted by Crippen LogP contribution is 2.06. The topological polar surface area (TPSA) is 51.2 Å². The molecule has 4 nitrogen and oxygen atoms in total. The van der Waals surface area contributed by atoms with Crippen molar-refractivity contribution in [1.82, 2.24) is 10.3 Å². The van der Waals surface area contributed by atoms with Crippen LogP contribution in [0.3, 0.4) is 0 Å². The Labute approximate surface area is 84.4 Å². The van der Waals surface area contributed by atoms with Crippen LogP contribution in [-0.4, -0.2) is 18.1 Å². The first kappa shape index (κ1) is 9.98. The van der Waals surface area contributed by atoms with E-state index in [9.17, 15) is 4.79 Å². The van der Waals surface area contributed by atoms with Crippen molar-refractivity contribution in [2.24, 2.45) is 0 Å². The SMILES string of the molecule is CNC(=O)OCc1cccc(Br)n1. The van der Waals surface area contributed by atoms with Gasteiger partial charge in [0.25, 0.3) is 0 Å². The number of halogens is 1. The number of rotatable bonds is 2. The van der Waals surface area contributed by atoms with E-state index < -0.39 is 6.09 Å². The van der Waals surface area contributed by atoms with Crippen molar-refractivity contribution >= 4 is 22.0 Å². The van der Waals surface area contributed by atoms with Crippen molar-refractivity contribution in [3.63, 3.8) is 0 Å². The summed E-state index contributed by atoms with van der Waals surface area (Å²) in [7, 11) is 1.51. The van der Waals surface area contributed by atoms with E-state index in [-0.39, 0.29) is 6.61 Å². The van der Waals surface area contributed by atoms with E-state index in [1.54, 1.807) is 6.07 Å². The minimum Gasteiger partial charge on any atom is -0.443 e. The fourth-order valence-electron chi connectivity index (χ4n) is 0.742. The van der Waals surface area contributed by atoms with Crippen LogP contribution in [0.1, 0.15) is 5.69 Å². The molecule has 1 heterocycles. The summed E-state index contributed by atoms with van der Waals surface area (Å²) in [6, 6.07) is 5.43. The van der Waals surface area contributed by atoms with Crippen LogP contribution in [-0.2, 0) is 11.3 Å². The van der Waals surface area contributed by atoms with Crippen molar-refractivity contribution < 1.29 is 9.53 Å². The van der Waals surface area contributed by atoms with E-state index in [0.717, 1.165) is 4.60 Å². The smallest absolute Gasteiger partial charge is 0.407 e. The van der Waals surface area contributed by atoms with E-state index in [4.69, 9.17) is 4.74 Å². The van der Waals surface area contributed by atoms with Crippen molar-refractivity contribution in [2.45, 2.75) is 6.61 Å². The molecule has 0 fully saturated rings. The van der Waals surface area contributed by atoms with Crippen LogP contribution in [0.2, 0.25) is 0 Å². The summed E-state index contributed by atoms with van der Waals surface area (Å²) in [4.78, 5) is 14.8. The number of hydrogen-bond acceptors (Lipinski definition) is 3. The Balaban J connectivity index is 2.50. The summed E-state index contributed by atoms with van der Waals surface area (Å²) in [6.45, 7) is 0.180. The number of carbonyl (C=O) groups is 1. The number of alkyl carbamates (subject to hydrolysis) is 1. The quantitative estimate of drug-likeness (QED) is 0.807. The van der Waals surface area contributed by atoms with Gasteiger partial charge in [-0.3, -0.25) is 0 Å². The van der Waals surface area contributed by atoms with Crippen molar-refractivity contribution in [2.75, 3.05) is 7.05 Å². The van der Waals surface area contributed by atoms with Crippen LogP contribution < -0.4 is 5.32 Å². The molecule has 0 spiro atoms. The van der Waals surface area contributed by atoms with Crippen LogP contribution in [0.5, 0.6) is 0 Å². The molecule has 0 saturated carbocycles. The largest absolute Gasteiger partial charge is 0.443 e. The highest BCUT2D eigenvalue weighted by atomic mass is 79.9. The van der Waals surface area contributed by atoms with Gasteiger partial charge in [-0.05, 0) is 28.1 Å². The number of carbonyl (C=O) groups excluding carboxylic acids is 1. The van der Waals surface area contributed by atoms with Gasteiger partial charge in [0.1, 0.15) is 11.2 Å². The van der Waals surface area contributed by atoms with Crippen LogP contribution in [0.25, 0.3) is 0 Å². The number of amides is 1. The maximum Gasteiger partial charge on any atom is 0.407 e. The van der Waals surface area contributed by atoms with Crippen LogP contribution in [0.4, 0.5) is 4.79 Å². The highest BCUT2D eigenvalue weighted by molar-refractivity contribution is 9.10. The molecule has 0 aliphatic rings. The van der Waals surface area contributed by atoms with E-state index >= 15 is 0 Å². The Bertz CT molecular complexity index is 304. The lowest BCUT2D eigenvalue weighted by molar-refractivity contribution is 0.140. The Morgan fingerprint density at radius 1 is 1.69 bits per heavy atom. The van der Waals surface area contributed by atoms with Gasteiger partial charge in [0, 0.05) is 7.05 Å². The second-order valence-electron chi connectivity index (χ2n) is 2.28. The predicted molar refractivity (Wildman–Crippen MR) is 51.2 cm³/mol. The van der Waals surface area contributed by atoms with E-state index in [0.29, 0.717) is 5.69 Å². The van der Waals surface area contributed by atoms with Gasteiger partial charge in [-0.1, -0.05) is 6.07 Å². The van der Waals surface area contributed by atoms with E-state index in [2.05, 4.69) is 26.2 Å². The van der Waals surface area contributed by atoms with E-state index in [1.807, 2.05) is 12.1 Å². The number of nitrogens with one attached hydrogen (secondary N) is 1. The van der Waals surface area contributed by atoms with Gasteiger partial charge in [0.15, 0.2) is 0 Å². The number of aromatic nitrogens is 1. The third kappa shape index (κ3) is 3.42. The van der Waals surface area contributed by atoms with Gasteiger partial charge in [0.05, 0.1) is 5.69 Å². The third-order valence-corrected chi connectivity index (χ3v) is 1.77. The summed E-state index contributed by atoms with van der Waals surface area (Å²) in [6.07, 6.45) is -0.457. The standard InChI is InChI=1S/C8H9BrN2O2/c1-10-8(12)13-5-6-3-2-4-7(9)11-6/h2-4H,5H2,1H3,(H,10,12). The fourth-order valence-corrected chi connectivity index (χ4v) is 1.12. The fraction of sp³-hybridized carbons (Fsp3) is 0.250. The second-order valence-corrected chi connectivity index (χ2v) is 3.09. The predicted octanol–water partition coefficient (Wildman–Crippen LogP) is 1.70. The molecular weight excluding hydrogens is 236 g/mol. The normalized spacial score (nSPS) is 9.38. The molecule has 70 valence electrons. The van der Waals surface area contributed by atoms with E-state index in [1.165, 1.54) is 7.05 Å². The lowest BCUT2D eigenvalue weighted by Crippen LogP contribution is -2.19.